The summed E-state index contributed by atoms with van der Waals surface area (Å²) in [6, 6.07) is 2.91. The SMILES string of the molecule is OC(c1ncccc1F)C1CCOC2(CCCC2)C1. The van der Waals surface area contributed by atoms with Gasteiger partial charge >= 0.3 is 0 Å². The molecular formula is C15H20FNO2. The van der Waals surface area contributed by atoms with Crippen molar-refractivity contribution in [3.63, 3.8) is 0 Å². The second-order valence-corrected chi connectivity index (χ2v) is 5.81. The average molecular weight is 265 g/mol. The van der Waals surface area contributed by atoms with Gasteiger partial charge in [-0.05, 0) is 43.7 Å². The molecular weight excluding hydrogens is 245 g/mol. The molecule has 104 valence electrons. The Morgan fingerprint density at radius 3 is 2.95 bits per heavy atom. The van der Waals surface area contributed by atoms with Crippen LogP contribution in [0.4, 0.5) is 4.39 Å². The quantitative estimate of drug-likeness (QED) is 0.894. The number of aliphatic hydroxyl groups is 1. The van der Waals surface area contributed by atoms with Crippen molar-refractivity contribution in [1.29, 1.82) is 0 Å². The van der Waals surface area contributed by atoms with Gasteiger partial charge in [-0.2, -0.15) is 0 Å². The third-order valence-corrected chi connectivity index (χ3v) is 4.56. The van der Waals surface area contributed by atoms with Gasteiger partial charge in [0.1, 0.15) is 17.6 Å². The monoisotopic (exact) mass is 265 g/mol. The van der Waals surface area contributed by atoms with Crippen molar-refractivity contribution in [3.8, 4) is 0 Å². The van der Waals surface area contributed by atoms with Crippen LogP contribution >= 0.6 is 0 Å². The molecule has 1 aliphatic heterocycles. The lowest BCUT2D eigenvalue weighted by molar-refractivity contribution is -0.114. The second-order valence-electron chi connectivity index (χ2n) is 5.81. The Bertz CT molecular complexity index is 446. The number of hydrogen-bond donors (Lipinski definition) is 1. The Hall–Kier alpha value is -1.00. The van der Waals surface area contributed by atoms with Crippen LogP contribution in [0.25, 0.3) is 0 Å². The smallest absolute Gasteiger partial charge is 0.147 e. The Balaban J connectivity index is 1.76. The van der Waals surface area contributed by atoms with Gasteiger partial charge in [-0.25, -0.2) is 4.39 Å². The van der Waals surface area contributed by atoms with Crippen LogP contribution in [0.5, 0.6) is 0 Å². The van der Waals surface area contributed by atoms with Gasteiger partial charge in [-0.15, -0.1) is 0 Å². The van der Waals surface area contributed by atoms with Crippen LogP contribution < -0.4 is 0 Å². The van der Waals surface area contributed by atoms with E-state index in [-0.39, 0.29) is 17.2 Å². The van der Waals surface area contributed by atoms with E-state index >= 15 is 0 Å². The first-order chi connectivity index (χ1) is 9.20. The van der Waals surface area contributed by atoms with Gasteiger partial charge in [-0.3, -0.25) is 4.98 Å². The van der Waals surface area contributed by atoms with Crippen molar-refractivity contribution >= 4 is 0 Å². The Morgan fingerprint density at radius 1 is 1.42 bits per heavy atom. The van der Waals surface area contributed by atoms with Crippen molar-refractivity contribution in [2.24, 2.45) is 5.92 Å². The molecule has 1 spiro atoms. The number of aromatic nitrogens is 1. The van der Waals surface area contributed by atoms with E-state index in [1.165, 1.54) is 25.1 Å². The topological polar surface area (TPSA) is 42.4 Å². The summed E-state index contributed by atoms with van der Waals surface area (Å²) in [4.78, 5) is 4.00. The molecule has 1 aromatic rings. The lowest BCUT2D eigenvalue weighted by atomic mass is 9.80. The highest BCUT2D eigenvalue weighted by molar-refractivity contribution is 5.11. The molecule has 19 heavy (non-hydrogen) atoms. The molecule has 0 amide bonds. The van der Waals surface area contributed by atoms with Crippen LogP contribution in [0.3, 0.4) is 0 Å². The van der Waals surface area contributed by atoms with E-state index in [9.17, 15) is 9.50 Å². The van der Waals surface area contributed by atoms with Crippen molar-refractivity contribution < 1.29 is 14.2 Å². The number of aliphatic hydroxyl groups excluding tert-OH is 1. The maximum Gasteiger partial charge on any atom is 0.147 e. The summed E-state index contributed by atoms with van der Waals surface area (Å²) in [6.07, 6.45) is 6.85. The third kappa shape index (κ3) is 2.51. The van der Waals surface area contributed by atoms with Crippen LogP contribution in [0.15, 0.2) is 18.3 Å². The summed E-state index contributed by atoms with van der Waals surface area (Å²) in [7, 11) is 0. The third-order valence-electron chi connectivity index (χ3n) is 4.56. The highest BCUT2D eigenvalue weighted by Gasteiger charge is 2.42. The summed E-state index contributed by atoms with van der Waals surface area (Å²) in [6.45, 7) is 0.663. The van der Waals surface area contributed by atoms with Gasteiger partial charge in [-0.1, -0.05) is 12.8 Å². The summed E-state index contributed by atoms with van der Waals surface area (Å²) < 4.78 is 19.7. The molecule has 3 rings (SSSR count). The number of ether oxygens (including phenoxy) is 1. The predicted octanol–water partition coefficient (Wildman–Crippen LogP) is 2.99. The number of pyridine rings is 1. The molecule has 1 N–H and O–H groups in total. The fourth-order valence-electron chi connectivity index (χ4n) is 3.54. The minimum Gasteiger partial charge on any atom is -0.386 e. The molecule has 1 saturated heterocycles. The van der Waals surface area contributed by atoms with Crippen LogP contribution in [-0.4, -0.2) is 22.3 Å². The van der Waals surface area contributed by atoms with Crippen molar-refractivity contribution in [3.05, 3.63) is 29.8 Å². The lowest BCUT2D eigenvalue weighted by Crippen LogP contribution is -2.39. The van der Waals surface area contributed by atoms with Gasteiger partial charge in [0.05, 0.1) is 5.60 Å². The van der Waals surface area contributed by atoms with Crippen molar-refractivity contribution in [2.45, 2.75) is 50.2 Å². The molecule has 0 radical (unpaired) electrons. The zero-order valence-electron chi connectivity index (χ0n) is 11.0. The fraction of sp³-hybridized carbons (Fsp3) is 0.667. The zero-order chi connectivity index (χ0) is 13.3. The van der Waals surface area contributed by atoms with Gasteiger partial charge in [0.15, 0.2) is 0 Å². The molecule has 2 atom stereocenters. The van der Waals surface area contributed by atoms with Crippen LogP contribution in [0, 0.1) is 11.7 Å². The Kier molecular flexibility index (Phi) is 3.54. The second kappa shape index (κ2) is 5.17. The molecule has 0 aromatic carbocycles. The molecule has 2 unspecified atom stereocenters. The van der Waals surface area contributed by atoms with Crippen molar-refractivity contribution in [2.75, 3.05) is 6.61 Å². The minimum absolute atomic E-state index is 0.0521. The molecule has 1 aromatic heterocycles. The van der Waals surface area contributed by atoms with E-state index in [4.69, 9.17) is 4.74 Å². The number of hydrogen-bond acceptors (Lipinski definition) is 3. The first-order valence-electron chi connectivity index (χ1n) is 7.13. The summed E-state index contributed by atoms with van der Waals surface area (Å²) >= 11 is 0. The maximum atomic E-state index is 13.7. The molecule has 1 aliphatic carbocycles. The largest absolute Gasteiger partial charge is 0.386 e. The van der Waals surface area contributed by atoms with Crippen LogP contribution in [0.1, 0.15) is 50.3 Å². The van der Waals surface area contributed by atoms with Crippen LogP contribution in [0.2, 0.25) is 0 Å². The normalized spacial score (nSPS) is 27.6. The van der Waals surface area contributed by atoms with E-state index in [1.807, 2.05) is 0 Å². The molecule has 2 heterocycles. The zero-order valence-corrected chi connectivity index (χ0v) is 11.0. The molecule has 1 saturated carbocycles. The van der Waals surface area contributed by atoms with E-state index in [1.54, 1.807) is 6.07 Å². The molecule has 2 aliphatic rings. The first kappa shape index (κ1) is 13.0. The molecule has 4 heteroatoms. The highest BCUT2D eigenvalue weighted by atomic mass is 19.1. The summed E-state index contributed by atoms with van der Waals surface area (Å²) in [5.41, 5.74) is 0.123. The average Bonchev–Trinajstić information content (AvgIpc) is 2.86. The maximum absolute atomic E-state index is 13.7. The lowest BCUT2D eigenvalue weighted by Gasteiger charge is -2.39. The minimum atomic E-state index is -0.817. The number of halogens is 1. The number of nitrogens with zero attached hydrogens (tertiary/aromatic N) is 1. The van der Waals surface area contributed by atoms with Gasteiger partial charge < -0.3 is 9.84 Å². The van der Waals surface area contributed by atoms with E-state index in [0.717, 1.165) is 25.7 Å². The highest BCUT2D eigenvalue weighted by Crippen LogP contribution is 2.45. The molecule has 2 fully saturated rings. The Morgan fingerprint density at radius 2 is 2.21 bits per heavy atom. The van der Waals surface area contributed by atoms with E-state index in [0.29, 0.717) is 6.61 Å². The Labute approximate surface area is 112 Å². The van der Waals surface area contributed by atoms with E-state index < -0.39 is 11.9 Å². The standard InChI is InChI=1S/C15H20FNO2/c16-12-4-3-8-17-13(12)14(18)11-5-9-19-15(10-11)6-1-2-7-15/h3-4,8,11,14,18H,1-2,5-7,9-10H2. The predicted molar refractivity (Wildman–Crippen MR) is 69.0 cm³/mol. The van der Waals surface area contributed by atoms with Gasteiger partial charge in [0, 0.05) is 12.8 Å². The van der Waals surface area contributed by atoms with Gasteiger partial charge in [0.2, 0.25) is 0 Å². The summed E-state index contributed by atoms with van der Waals surface area (Å²) in [5.74, 6) is -0.363. The first-order valence-corrected chi connectivity index (χ1v) is 7.13. The van der Waals surface area contributed by atoms with E-state index in [2.05, 4.69) is 4.98 Å². The molecule has 3 nitrogen and oxygen atoms in total. The van der Waals surface area contributed by atoms with Gasteiger partial charge in [0.25, 0.3) is 0 Å². The number of rotatable bonds is 2. The summed E-state index contributed by atoms with van der Waals surface area (Å²) in [5, 5.41) is 10.4. The van der Waals surface area contributed by atoms with Crippen LogP contribution in [-0.2, 0) is 4.74 Å². The van der Waals surface area contributed by atoms with Crippen molar-refractivity contribution in [1.82, 2.24) is 4.98 Å². The molecule has 0 bridgehead atoms. The fourth-order valence-corrected chi connectivity index (χ4v) is 3.54.